The Bertz CT molecular complexity index is 653. The topological polar surface area (TPSA) is 71.1 Å². The average molecular weight is 253 g/mol. The van der Waals surface area contributed by atoms with Crippen LogP contribution in [0.2, 0.25) is 0 Å². The Labute approximate surface area is 99.5 Å². The molecule has 0 atom stereocenters. The fourth-order valence-corrected chi connectivity index (χ4v) is 2.03. The minimum atomic E-state index is -3.95. The SMILES string of the molecule is Cc1cccc2cc[n+](CCS(=O)(=O)O)nc12. The standard InChI is InChI=1S/C11H12N2O3S/c1-9-3-2-4-10-5-6-13(12-11(9)10)7-8-17(14,15)16/h2-6H,7-8H2,1H3/p+1. The van der Waals surface area contributed by atoms with Crippen LogP contribution >= 0.6 is 0 Å². The van der Waals surface area contributed by atoms with E-state index in [1.54, 1.807) is 6.20 Å². The molecule has 17 heavy (non-hydrogen) atoms. The maximum atomic E-state index is 10.6. The summed E-state index contributed by atoms with van der Waals surface area (Å²) < 4.78 is 31.5. The highest BCUT2D eigenvalue weighted by Crippen LogP contribution is 2.12. The monoisotopic (exact) mass is 253 g/mol. The Balaban J connectivity index is 2.34. The van der Waals surface area contributed by atoms with Gasteiger partial charge in [0, 0.05) is 16.6 Å². The van der Waals surface area contributed by atoms with Gasteiger partial charge in [-0.1, -0.05) is 22.9 Å². The second-order valence-corrected chi connectivity index (χ2v) is 5.45. The molecule has 6 heteroatoms. The number of benzene rings is 1. The van der Waals surface area contributed by atoms with Gasteiger partial charge in [0.15, 0.2) is 12.7 Å². The van der Waals surface area contributed by atoms with Crippen LogP contribution in [0.1, 0.15) is 5.56 Å². The van der Waals surface area contributed by atoms with Crippen molar-refractivity contribution in [1.29, 1.82) is 0 Å². The molecule has 2 aromatic rings. The first kappa shape index (κ1) is 11.9. The second kappa shape index (κ2) is 4.38. The summed E-state index contributed by atoms with van der Waals surface area (Å²) in [6.07, 6.45) is 1.70. The Morgan fingerprint density at radius 1 is 1.35 bits per heavy atom. The molecule has 1 heterocycles. The molecule has 5 nitrogen and oxygen atoms in total. The van der Waals surface area contributed by atoms with Crippen molar-refractivity contribution in [3.8, 4) is 0 Å². The Morgan fingerprint density at radius 2 is 2.12 bits per heavy atom. The van der Waals surface area contributed by atoms with Crippen LogP contribution < -0.4 is 4.68 Å². The van der Waals surface area contributed by atoms with Crippen LogP contribution in [0.4, 0.5) is 0 Å². The zero-order chi connectivity index (χ0) is 12.5. The van der Waals surface area contributed by atoms with Gasteiger partial charge in [0.2, 0.25) is 0 Å². The molecule has 0 bridgehead atoms. The first-order chi connectivity index (χ1) is 7.96. The lowest BCUT2D eigenvalue weighted by Crippen LogP contribution is -2.40. The summed E-state index contributed by atoms with van der Waals surface area (Å²) >= 11 is 0. The highest BCUT2D eigenvalue weighted by molar-refractivity contribution is 7.85. The van der Waals surface area contributed by atoms with Crippen LogP contribution in [0.3, 0.4) is 0 Å². The third-order valence-corrected chi connectivity index (χ3v) is 3.20. The third kappa shape index (κ3) is 2.98. The molecule has 1 N–H and O–H groups in total. The molecular formula is C11H13N2O3S+. The van der Waals surface area contributed by atoms with E-state index in [0.717, 1.165) is 16.5 Å². The van der Waals surface area contributed by atoms with Gasteiger partial charge in [-0.15, -0.1) is 0 Å². The van der Waals surface area contributed by atoms with Crippen LogP contribution in [0, 0.1) is 6.92 Å². The van der Waals surface area contributed by atoms with Gasteiger partial charge >= 0.3 is 0 Å². The molecule has 0 radical (unpaired) electrons. The molecule has 0 saturated carbocycles. The van der Waals surface area contributed by atoms with Gasteiger partial charge < -0.3 is 0 Å². The van der Waals surface area contributed by atoms with E-state index in [0.29, 0.717) is 0 Å². The Kier molecular flexibility index (Phi) is 3.08. The van der Waals surface area contributed by atoms with Crippen molar-refractivity contribution in [3.05, 3.63) is 36.0 Å². The largest absolute Gasteiger partial charge is 0.285 e. The fraction of sp³-hybridized carbons (Fsp3) is 0.273. The molecule has 0 saturated heterocycles. The molecule has 0 unspecified atom stereocenters. The zero-order valence-corrected chi connectivity index (χ0v) is 10.2. The highest BCUT2D eigenvalue weighted by atomic mass is 32.2. The van der Waals surface area contributed by atoms with Gasteiger partial charge in [-0.2, -0.15) is 8.42 Å². The van der Waals surface area contributed by atoms with Crippen LogP contribution in [0.5, 0.6) is 0 Å². The minimum Gasteiger partial charge on any atom is -0.285 e. The summed E-state index contributed by atoms with van der Waals surface area (Å²) in [6, 6.07) is 7.71. The van der Waals surface area contributed by atoms with Gasteiger partial charge in [0.05, 0.1) is 0 Å². The smallest absolute Gasteiger partial charge is 0.271 e. The van der Waals surface area contributed by atoms with Gasteiger partial charge in [0.25, 0.3) is 10.1 Å². The van der Waals surface area contributed by atoms with Crippen molar-refractivity contribution in [2.24, 2.45) is 0 Å². The molecule has 0 fully saturated rings. The predicted molar refractivity (Wildman–Crippen MR) is 63.1 cm³/mol. The van der Waals surface area contributed by atoms with E-state index in [2.05, 4.69) is 5.10 Å². The predicted octanol–water partition coefficient (Wildman–Crippen LogP) is 0.719. The third-order valence-electron chi connectivity index (χ3n) is 2.50. The molecule has 90 valence electrons. The molecule has 0 aliphatic rings. The number of aromatic nitrogens is 2. The number of rotatable bonds is 3. The van der Waals surface area contributed by atoms with E-state index >= 15 is 0 Å². The molecule has 0 amide bonds. The molecule has 0 spiro atoms. The number of hydrogen-bond donors (Lipinski definition) is 1. The van der Waals surface area contributed by atoms with Gasteiger partial charge in [-0.3, -0.25) is 4.55 Å². The number of hydrogen-bond acceptors (Lipinski definition) is 3. The fourth-order valence-electron chi connectivity index (χ4n) is 1.61. The molecule has 1 aromatic carbocycles. The van der Waals surface area contributed by atoms with Gasteiger partial charge in [-0.05, 0) is 12.5 Å². The second-order valence-electron chi connectivity index (χ2n) is 3.88. The van der Waals surface area contributed by atoms with Gasteiger partial charge in [0.1, 0.15) is 11.3 Å². The maximum absolute atomic E-state index is 10.6. The summed E-state index contributed by atoms with van der Waals surface area (Å²) in [5.41, 5.74) is 1.87. The van der Waals surface area contributed by atoms with Crippen molar-refractivity contribution in [2.45, 2.75) is 13.5 Å². The summed E-state index contributed by atoms with van der Waals surface area (Å²) in [5.74, 6) is -0.331. The first-order valence-corrected chi connectivity index (χ1v) is 6.78. The zero-order valence-electron chi connectivity index (χ0n) is 9.37. The summed E-state index contributed by atoms with van der Waals surface area (Å²) in [6.45, 7) is 2.09. The average Bonchev–Trinajstić information content (AvgIpc) is 2.26. The number of aryl methyl sites for hydroxylation is 2. The first-order valence-electron chi connectivity index (χ1n) is 5.17. The molecular weight excluding hydrogens is 240 g/mol. The van der Waals surface area contributed by atoms with Crippen LogP contribution in [-0.4, -0.2) is 23.8 Å². The highest BCUT2D eigenvalue weighted by Gasteiger charge is 2.12. The van der Waals surface area contributed by atoms with E-state index in [1.165, 1.54) is 4.68 Å². The Morgan fingerprint density at radius 3 is 2.82 bits per heavy atom. The lowest BCUT2D eigenvalue weighted by molar-refractivity contribution is -0.747. The van der Waals surface area contributed by atoms with Crippen molar-refractivity contribution in [2.75, 3.05) is 5.75 Å². The molecule has 2 rings (SSSR count). The van der Waals surface area contributed by atoms with Crippen molar-refractivity contribution in [1.82, 2.24) is 5.10 Å². The van der Waals surface area contributed by atoms with E-state index < -0.39 is 10.1 Å². The van der Waals surface area contributed by atoms with E-state index in [9.17, 15) is 8.42 Å². The van der Waals surface area contributed by atoms with Crippen molar-refractivity contribution in [3.63, 3.8) is 0 Å². The molecule has 1 aromatic heterocycles. The number of fused-ring (bicyclic) bond motifs is 1. The van der Waals surface area contributed by atoms with Crippen LogP contribution in [-0.2, 0) is 16.7 Å². The lowest BCUT2D eigenvalue weighted by atomic mass is 10.1. The summed E-state index contributed by atoms with van der Waals surface area (Å²) in [4.78, 5) is 0. The van der Waals surface area contributed by atoms with E-state index in [-0.39, 0.29) is 12.3 Å². The quantitative estimate of drug-likeness (QED) is 0.646. The van der Waals surface area contributed by atoms with Crippen molar-refractivity contribution >= 4 is 21.0 Å². The summed E-state index contributed by atoms with van der Waals surface area (Å²) in [7, 11) is -3.95. The van der Waals surface area contributed by atoms with Crippen molar-refractivity contribution < 1.29 is 17.7 Å². The maximum Gasteiger partial charge on any atom is 0.271 e. The number of nitrogens with zero attached hydrogens (tertiary/aromatic N) is 2. The summed E-state index contributed by atoms with van der Waals surface area (Å²) in [5, 5.41) is 5.33. The van der Waals surface area contributed by atoms with Crippen LogP contribution in [0.15, 0.2) is 30.5 Å². The normalized spacial score (nSPS) is 11.9. The molecule has 0 aliphatic heterocycles. The van der Waals surface area contributed by atoms with E-state index in [1.807, 2.05) is 31.2 Å². The van der Waals surface area contributed by atoms with Crippen LogP contribution in [0.25, 0.3) is 10.9 Å². The minimum absolute atomic E-state index is 0.142. The molecule has 0 aliphatic carbocycles. The Hall–Kier alpha value is -1.53. The van der Waals surface area contributed by atoms with Gasteiger partial charge in [-0.25, -0.2) is 0 Å². The lowest BCUT2D eigenvalue weighted by Gasteiger charge is -1.99. The van der Waals surface area contributed by atoms with E-state index in [4.69, 9.17) is 4.55 Å².